The van der Waals surface area contributed by atoms with Crippen LogP contribution in [0.1, 0.15) is 30.3 Å². The molecule has 0 aliphatic carbocycles. The number of benzene rings is 3. The van der Waals surface area contributed by atoms with Crippen LogP contribution >= 0.6 is 0 Å². The molecular formula is C27H26BF3O2. The van der Waals surface area contributed by atoms with Gasteiger partial charge in [0.05, 0.1) is 13.2 Å². The second kappa shape index (κ2) is 10.4. The zero-order chi connectivity index (χ0) is 23.4. The molecule has 0 spiro atoms. The molecule has 170 valence electrons. The molecule has 0 aromatic heterocycles. The third-order valence-electron chi connectivity index (χ3n) is 6.06. The average molecular weight is 450 g/mol. The summed E-state index contributed by atoms with van der Waals surface area (Å²) in [5.41, 5.74) is 2.74. The molecule has 0 radical (unpaired) electrons. The normalized spacial score (nSPS) is 18.3. The summed E-state index contributed by atoms with van der Waals surface area (Å²) in [4.78, 5) is 0. The van der Waals surface area contributed by atoms with E-state index in [-0.39, 0.29) is 5.56 Å². The first kappa shape index (κ1) is 23.3. The Labute approximate surface area is 193 Å². The Bertz CT molecular complexity index is 1120. The van der Waals surface area contributed by atoms with E-state index in [2.05, 4.69) is 6.58 Å². The van der Waals surface area contributed by atoms with Crippen LogP contribution in [-0.4, -0.2) is 21.1 Å². The van der Waals surface area contributed by atoms with Crippen LogP contribution in [0.15, 0.2) is 67.3 Å². The molecule has 3 aromatic rings. The number of hydrogen-bond donors (Lipinski definition) is 0. The average Bonchev–Trinajstić information content (AvgIpc) is 2.85. The molecule has 0 bridgehead atoms. The first-order valence-electron chi connectivity index (χ1n) is 11.2. The lowest BCUT2D eigenvalue weighted by Gasteiger charge is -2.29. The van der Waals surface area contributed by atoms with Gasteiger partial charge in [0.2, 0.25) is 0 Å². The van der Waals surface area contributed by atoms with Crippen molar-refractivity contribution in [3.63, 3.8) is 0 Å². The van der Waals surface area contributed by atoms with Crippen LogP contribution in [0.5, 0.6) is 0 Å². The highest BCUT2D eigenvalue weighted by Gasteiger charge is 2.24. The predicted octanol–water partition coefficient (Wildman–Crippen LogP) is 6.20. The summed E-state index contributed by atoms with van der Waals surface area (Å²) in [6, 6.07) is 14.8. The van der Waals surface area contributed by atoms with Crippen molar-refractivity contribution < 1.29 is 22.6 Å². The molecule has 3 aromatic carbocycles. The van der Waals surface area contributed by atoms with Gasteiger partial charge in [0.15, 0.2) is 17.9 Å². The van der Waals surface area contributed by atoms with E-state index in [0.29, 0.717) is 53.3 Å². The summed E-state index contributed by atoms with van der Waals surface area (Å²) in [6.07, 6.45) is 3.59. The second-order valence-electron chi connectivity index (χ2n) is 8.30. The van der Waals surface area contributed by atoms with Gasteiger partial charge in [-0.15, -0.1) is 6.58 Å². The van der Waals surface area contributed by atoms with Gasteiger partial charge in [-0.1, -0.05) is 60.9 Å². The first-order chi connectivity index (χ1) is 16.0. The monoisotopic (exact) mass is 450 g/mol. The Balaban J connectivity index is 1.49. The molecule has 1 aliphatic heterocycles. The lowest BCUT2D eigenvalue weighted by molar-refractivity contribution is -0.205. The van der Waals surface area contributed by atoms with E-state index in [9.17, 15) is 13.2 Å². The highest BCUT2D eigenvalue weighted by atomic mass is 19.2. The minimum absolute atomic E-state index is 0.185. The fraction of sp³-hybridized carbons (Fsp3) is 0.259. The van der Waals surface area contributed by atoms with Crippen LogP contribution in [0, 0.1) is 23.4 Å². The summed E-state index contributed by atoms with van der Waals surface area (Å²) in [5, 5.41) is 0. The van der Waals surface area contributed by atoms with Crippen molar-refractivity contribution in [2.45, 2.75) is 25.5 Å². The Morgan fingerprint density at radius 1 is 0.879 bits per heavy atom. The summed E-state index contributed by atoms with van der Waals surface area (Å²) in [7, 11) is 1.78. The molecule has 6 heteroatoms. The van der Waals surface area contributed by atoms with Gasteiger partial charge in [-0.05, 0) is 35.6 Å². The van der Waals surface area contributed by atoms with Gasteiger partial charge in [0, 0.05) is 22.6 Å². The third kappa shape index (κ3) is 5.07. The zero-order valence-corrected chi connectivity index (χ0v) is 18.6. The minimum Gasteiger partial charge on any atom is -0.348 e. The molecule has 0 saturated carbocycles. The number of ether oxygens (including phenoxy) is 2. The minimum atomic E-state index is -0.864. The number of allylic oxidation sites excluding steroid dienone is 1. The van der Waals surface area contributed by atoms with E-state index in [1.807, 2.05) is 6.08 Å². The Kier molecular flexibility index (Phi) is 7.36. The molecule has 0 N–H and O–H groups in total. The van der Waals surface area contributed by atoms with Gasteiger partial charge in [0.1, 0.15) is 13.7 Å². The van der Waals surface area contributed by atoms with Crippen molar-refractivity contribution in [3.05, 3.63) is 95.8 Å². The zero-order valence-electron chi connectivity index (χ0n) is 18.6. The highest BCUT2D eigenvalue weighted by Crippen LogP contribution is 2.33. The van der Waals surface area contributed by atoms with Gasteiger partial charge in [0.25, 0.3) is 0 Å². The molecule has 4 rings (SSSR count). The third-order valence-corrected chi connectivity index (χ3v) is 6.06. The van der Waals surface area contributed by atoms with Crippen LogP contribution in [0.25, 0.3) is 22.3 Å². The predicted molar refractivity (Wildman–Crippen MR) is 127 cm³/mol. The summed E-state index contributed by atoms with van der Waals surface area (Å²) in [5.74, 6) is -1.76. The fourth-order valence-corrected chi connectivity index (χ4v) is 4.08. The lowest BCUT2D eigenvalue weighted by atomic mass is 9.93. The molecule has 0 amide bonds. The maximum atomic E-state index is 14.9. The first-order valence-corrected chi connectivity index (χ1v) is 11.2. The molecule has 1 aliphatic rings. The summed E-state index contributed by atoms with van der Waals surface area (Å²) < 4.78 is 55.1. The molecule has 0 atom stereocenters. The van der Waals surface area contributed by atoms with E-state index in [0.717, 1.165) is 12.8 Å². The molecule has 1 saturated heterocycles. The maximum absolute atomic E-state index is 14.9. The van der Waals surface area contributed by atoms with Crippen molar-refractivity contribution in [2.24, 2.45) is 5.92 Å². The van der Waals surface area contributed by atoms with Crippen LogP contribution in [0.2, 0.25) is 0 Å². The Morgan fingerprint density at radius 2 is 1.52 bits per heavy atom. The van der Waals surface area contributed by atoms with E-state index < -0.39 is 23.7 Å². The molecule has 1 heterocycles. The van der Waals surface area contributed by atoms with Crippen molar-refractivity contribution in [1.29, 1.82) is 0 Å². The SMILES string of the molecule is BCc1ccc(-c2ccc(-c3ccc(C4OCC(CCC=C)CO4)cc3F)cc2)c(F)c1F. The lowest BCUT2D eigenvalue weighted by Crippen LogP contribution is -2.27. The molecule has 1 fully saturated rings. The van der Waals surface area contributed by atoms with E-state index in [4.69, 9.17) is 9.47 Å². The summed E-state index contributed by atoms with van der Waals surface area (Å²) in [6.45, 7) is 4.87. The van der Waals surface area contributed by atoms with Crippen molar-refractivity contribution >= 4 is 7.85 Å². The van der Waals surface area contributed by atoms with Crippen LogP contribution in [0.4, 0.5) is 13.2 Å². The Morgan fingerprint density at radius 3 is 2.12 bits per heavy atom. The van der Waals surface area contributed by atoms with Crippen LogP contribution in [-0.2, 0) is 15.8 Å². The highest BCUT2D eigenvalue weighted by molar-refractivity contribution is 6.08. The number of halogens is 3. The molecule has 33 heavy (non-hydrogen) atoms. The quantitative estimate of drug-likeness (QED) is 0.315. The number of rotatable bonds is 7. The maximum Gasteiger partial charge on any atom is 0.183 e. The molecule has 0 unspecified atom stereocenters. The van der Waals surface area contributed by atoms with Crippen molar-refractivity contribution in [1.82, 2.24) is 0 Å². The second-order valence-corrected chi connectivity index (χ2v) is 8.30. The van der Waals surface area contributed by atoms with Crippen LogP contribution < -0.4 is 0 Å². The van der Waals surface area contributed by atoms with Gasteiger partial charge >= 0.3 is 0 Å². The van der Waals surface area contributed by atoms with Crippen LogP contribution in [0.3, 0.4) is 0 Å². The Hall–Kier alpha value is -2.83. The van der Waals surface area contributed by atoms with E-state index in [1.54, 1.807) is 56.4 Å². The fourth-order valence-electron chi connectivity index (χ4n) is 4.08. The molecular weight excluding hydrogens is 424 g/mol. The topological polar surface area (TPSA) is 18.5 Å². The van der Waals surface area contributed by atoms with Gasteiger partial charge in [-0.2, -0.15) is 0 Å². The largest absolute Gasteiger partial charge is 0.348 e. The number of hydrogen-bond acceptors (Lipinski definition) is 2. The van der Waals surface area contributed by atoms with Gasteiger partial charge in [-0.25, -0.2) is 13.2 Å². The summed E-state index contributed by atoms with van der Waals surface area (Å²) >= 11 is 0. The van der Waals surface area contributed by atoms with Crippen molar-refractivity contribution in [3.8, 4) is 22.3 Å². The standard InChI is InChI=1S/C27H26BF3O2/c1-2-3-4-17-15-32-27(33-16-17)20-9-11-22(24(29)13-20)18-5-7-19(8-6-18)23-12-10-21(14-28)25(30)26(23)31/h2,5-13,17,27H,1,3-4,14-16,28H2. The smallest absolute Gasteiger partial charge is 0.183 e. The van der Waals surface area contributed by atoms with Gasteiger partial charge in [-0.3, -0.25) is 0 Å². The molecule has 2 nitrogen and oxygen atoms in total. The van der Waals surface area contributed by atoms with Crippen molar-refractivity contribution in [2.75, 3.05) is 13.2 Å². The van der Waals surface area contributed by atoms with E-state index >= 15 is 0 Å². The van der Waals surface area contributed by atoms with Gasteiger partial charge < -0.3 is 9.47 Å². The van der Waals surface area contributed by atoms with E-state index in [1.165, 1.54) is 6.07 Å².